The maximum absolute atomic E-state index is 10.8. The van der Waals surface area contributed by atoms with E-state index < -0.39 is 4.92 Å². The zero-order valence-corrected chi connectivity index (χ0v) is 12.5. The Morgan fingerprint density at radius 2 is 1.73 bits per heavy atom. The Kier molecular flexibility index (Phi) is 3.56. The quantitative estimate of drug-likeness (QED) is 0.422. The summed E-state index contributed by atoms with van der Waals surface area (Å²) in [4.78, 5) is 10.3. The summed E-state index contributed by atoms with van der Waals surface area (Å²) >= 11 is 5.42. The normalized spacial score (nSPS) is 10.6. The molecule has 22 heavy (non-hydrogen) atoms. The van der Waals surface area contributed by atoms with Crippen LogP contribution in [0.15, 0.2) is 54.6 Å². The molecule has 0 fully saturated rings. The van der Waals surface area contributed by atoms with Crippen LogP contribution >= 0.6 is 12.2 Å². The molecule has 0 spiro atoms. The monoisotopic (exact) mass is 312 g/mol. The van der Waals surface area contributed by atoms with Gasteiger partial charge in [0.05, 0.1) is 4.92 Å². The zero-order chi connectivity index (χ0) is 15.7. The summed E-state index contributed by atoms with van der Waals surface area (Å²) in [6.45, 7) is 0. The van der Waals surface area contributed by atoms with Gasteiger partial charge < -0.3 is 0 Å². The minimum atomic E-state index is -0.425. The largest absolute Gasteiger partial charge is 0.269 e. The van der Waals surface area contributed by atoms with Crippen molar-refractivity contribution in [2.75, 3.05) is 0 Å². The van der Waals surface area contributed by atoms with Crippen molar-refractivity contribution in [3.05, 3.63) is 69.5 Å². The van der Waals surface area contributed by atoms with E-state index in [-0.39, 0.29) is 5.69 Å². The molecule has 7 heteroatoms. The highest BCUT2D eigenvalue weighted by molar-refractivity contribution is 7.71. The smallest absolute Gasteiger partial charge is 0.268 e. The van der Waals surface area contributed by atoms with E-state index in [4.69, 9.17) is 12.2 Å². The topological polar surface area (TPSA) is 65.9 Å². The zero-order valence-electron chi connectivity index (χ0n) is 11.7. The van der Waals surface area contributed by atoms with E-state index in [0.717, 1.165) is 11.3 Å². The van der Waals surface area contributed by atoms with Crippen LogP contribution in [0.2, 0.25) is 0 Å². The lowest BCUT2D eigenvalue weighted by Crippen LogP contribution is -1.98. The van der Waals surface area contributed by atoms with Crippen LogP contribution < -0.4 is 0 Å². The molecule has 3 rings (SSSR count). The van der Waals surface area contributed by atoms with Crippen molar-refractivity contribution in [2.45, 2.75) is 0 Å². The summed E-state index contributed by atoms with van der Waals surface area (Å²) in [5.74, 6) is 0.647. The minimum absolute atomic E-state index is 0.0459. The summed E-state index contributed by atoms with van der Waals surface area (Å²) in [5, 5.41) is 15.2. The predicted molar refractivity (Wildman–Crippen MR) is 85.5 cm³/mol. The average molecular weight is 312 g/mol. The summed E-state index contributed by atoms with van der Waals surface area (Å²) in [7, 11) is 1.77. The Hall–Kier alpha value is -2.80. The number of aryl methyl sites for hydroxylation is 1. The third kappa shape index (κ3) is 2.42. The van der Waals surface area contributed by atoms with Gasteiger partial charge in [0, 0.05) is 30.4 Å². The molecule has 0 saturated carbocycles. The van der Waals surface area contributed by atoms with Crippen LogP contribution in [-0.4, -0.2) is 19.3 Å². The average Bonchev–Trinajstić information content (AvgIpc) is 2.84. The first-order valence-electron chi connectivity index (χ1n) is 6.54. The van der Waals surface area contributed by atoms with Crippen molar-refractivity contribution < 1.29 is 4.92 Å². The van der Waals surface area contributed by atoms with Crippen LogP contribution in [0.1, 0.15) is 0 Å². The standard InChI is InChI=1S/C15H12N4O2S/c1-17-15(22)18(12-5-3-2-4-6-12)14(16-17)11-7-9-13(10-8-11)19(20)21/h2-10H,1H3. The minimum Gasteiger partial charge on any atom is -0.268 e. The van der Waals surface area contributed by atoms with Crippen molar-refractivity contribution in [2.24, 2.45) is 7.05 Å². The van der Waals surface area contributed by atoms with Gasteiger partial charge in [0.25, 0.3) is 5.69 Å². The highest BCUT2D eigenvalue weighted by atomic mass is 32.1. The lowest BCUT2D eigenvalue weighted by atomic mass is 10.2. The molecule has 0 aliphatic heterocycles. The SMILES string of the molecule is Cn1nc(-c2ccc([N+](=O)[O-])cc2)n(-c2ccccc2)c1=S. The Bertz CT molecular complexity index is 882. The molecule has 0 aliphatic carbocycles. The number of non-ortho nitro benzene ring substituents is 1. The van der Waals surface area contributed by atoms with Crippen LogP contribution in [0, 0.1) is 14.9 Å². The first-order chi connectivity index (χ1) is 10.6. The maximum atomic E-state index is 10.8. The molecule has 0 aliphatic rings. The summed E-state index contributed by atoms with van der Waals surface area (Å²) in [6.07, 6.45) is 0. The van der Waals surface area contributed by atoms with E-state index in [1.165, 1.54) is 12.1 Å². The van der Waals surface area contributed by atoms with E-state index in [2.05, 4.69) is 5.10 Å². The molecule has 0 bridgehead atoms. The van der Waals surface area contributed by atoms with E-state index in [9.17, 15) is 10.1 Å². The molecule has 0 N–H and O–H groups in total. The number of hydrogen-bond acceptors (Lipinski definition) is 4. The third-order valence-electron chi connectivity index (χ3n) is 3.28. The fourth-order valence-electron chi connectivity index (χ4n) is 2.19. The molecule has 0 atom stereocenters. The molecule has 0 unspecified atom stereocenters. The van der Waals surface area contributed by atoms with Gasteiger partial charge in [-0.15, -0.1) is 0 Å². The molecule has 0 radical (unpaired) electrons. The number of hydrogen-bond donors (Lipinski definition) is 0. The van der Waals surface area contributed by atoms with Gasteiger partial charge in [-0.25, -0.2) is 4.68 Å². The van der Waals surface area contributed by atoms with Crippen LogP contribution in [0.25, 0.3) is 17.1 Å². The summed E-state index contributed by atoms with van der Waals surface area (Å²) in [5.41, 5.74) is 1.71. The summed E-state index contributed by atoms with van der Waals surface area (Å²) < 4.78 is 4.01. The Balaban J connectivity index is 2.18. The van der Waals surface area contributed by atoms with Crippen molar-refractivity contribution in [3.8, 4) is 17.1 Å². The molecular weight excluding hydrogens is 300 g/mol. The molecule has 110 valence electrons. The second-order valence-electron chi connectivity index (χ2n) is 4.70. The number of para-hydroxylation sites is 1. The van der Waals surface area contributed by atoms with Crippen LogP contribution in [0.4, 0.5) is 5.69 Å². The first kappa shape index (κ1) is 14.2. The first-order valence-corrected chi connectivity index (χ1v) is 6.95. The number of rotatable bonds is 3. The van der Waals surface area contributed by atoms with Gasteiger partial charge in [-0.1, -0.05) is 18.2 Å². The molecule has 3 aromatic rings. The molecule has 0 saturated heterocycles. The molecule has 1 aromatic heterocycles. The van der Waals surface area contributed by atoms with Gasteiger partial charge in [-0.05, 0) is 36.5 Å². The molecule has 6 nitrogen and oxygen atoms in total. The van der Waals surface area contributed by atoms with E-state index >= 15 is 0 Å². The highest BCUT2D eigenvalue weighted by Gasteiger charge is 2.14. The Labute approximate surface area is 131 Å². The fourth-order valence-corrected chi connectivity index (χ4v) is 2.43. The van der Waals surface area contributed by atoms with Crippen molar-refractivity contribution in [1.29, 1.82) is 0 Å². The second kappa shape index (κ2) is 5.53. The highest BCUT2D eigenvalue weighted by Crippen LogP contribution is 2.24. The third-order valence-corrected chi connectivity index (χ3v) is 3.72. The van der Waals surface area contributed by atoms with E-state index in [1.54, 1.807) is 23.9 Å². The number of nitrogens with zero attached hydrogens (tertiary/aromatic N) is 4. The van der Waals surface area contributed by atoms with Gasteiger partial charge in [0.1, 0.15) is 0 Å². The van der Waals surface area contributed by atoms with Crippen molar-refractivity contribution in [1.82, 2.24) is 14.3 Å². The van der Waals surface area contributed by atoms with Crippen LogP contribution in [0.5, 0.6) is 0 Å². The number of aromatic nitrogens is 3. The molecule has 0 amide bonds. The molecule has 1 heterocycles. The Morgan fingerprint density at radius 1 is 1.09 bits per heavy atom. The summed E-state index contributed by atoms with van der Waals surface area (Å²) in [6, 6.07) is 15.9. The number of nitro groups is 1. The van der Waals surface area contributed by atoms with Crippen molar-refractivity contribution >= 4 is 17.9 Å². The Morgan fingerprint density at radius 3 is 2.32 bits per heavy atom. The van der Waals surface area contributed by atoms with Crippen LogP contribution in [0.3, 0.4) is 0 Å². The maximum Gasteiger partial charge on any atom is 0.269 e. The van der Waals surface area contributed by atoms with Gasteiger partial charge in [0.15, 0.2) is 5.82 Å². The predicted octanol–water partition coefficient (Wildman–Crippen LogP) is 3.52. The van der Waals surface area contributed by atoms with E-state index in [1.807, 2.05) is 34.9 Å². The lowest BCUT2D eigenvalue weighted by molar-refractivity contribution is -0.384. The number of benzene rings is 2. The lowest BCUT2D eigenvalue weighted by Gasteiger charge is -2.06. The van der Waals surface area contributed by atoms with Crippen LogP contribution in [-0.2, 0) is 7.05 Å². The van der Waals surface area contributed by atoms with Gasteiger partial charge >= 0.3 is 0 Å². The second-order valence-corrected chi connectivity index (χ2v) is 5.07. The fraction of sp³-hybridized carbons (Fsp3) is 0.0667. The molecular formula is C15H12N4O2S. The molecule has 2 aromatic carbocycles. The van der Waals surface area contributed by atoms with Gasteiger partial charge in [0.2, 0.25) is 4.77 Å². The van der Waals surface area contributed by atoms with E-state index in [0.29, 0.717) is 10.6 Å². The van der Waals surface area contributed by atoms with Crippen molar-refractivity contribution in [3.63, 3.8) is 0 Å². The number of nitro benzene ring substituents is 1. The van der Waals surface area contributed by atoms with Gasteiger partial charge in [-0.3, -0.25) is 14.7 Å². The van der Waals surface area contributed by atoms with Gasteiger partial charge in [-0.2, -0.15) is 5.10 Å².